The second kappa shape index (κ2) is 9.76. The standard InChI is InChI=1S/C18H26N2O6/c1-12(16(23)25-11-13-8-6-5-7-9-13)19-15(22)14(10-21)20-17(24)26-18(2,3)4/h5-9,12,14,21H,10-11H2,1-4H3,(H,19,22)(H,20,24)/t12-,14+/m1/s1. The van der Waals surface area contributed by atoms with Crippen LogP contribution in [0, 0.1) is 0 Å². The summed E-state index contributed by atoms with van der Waals surface area (Å²) < 4.78 is 10.2. The number of hydrogen-bond acceptors (Lipinski definition) is 6. The molecule has 0 saturated carbocycles. The molecule has 1 aromatic carbocycles. The number of carbonyl (C=O) groups is 3. The topological polar surface area (TPSA) is 114 Å². The molecule has 1 aromatic rings. The zero-order valence-electron chi connectivity index (χ0n) is 15.4. The third-order valence-electron chi connectivity index (χ3n) is 3.13. The van der Waals surface area contributed by atoms with Crippen LogP contribution in [0.25, 0.3) is 0 Å². The fraction of sp³-hybridized carbons (Fsp3) is 0.500. The lowest BCUT2D eigenvalue weighted by Crippen LogP contribution is -2.53. The Labute approximate surface area is 152 Å². The number of aliphatic hydroxyl groups is 1. The van der Waals surface area contributed by atoms with E-state index in [0.717, 1.165) is 5.56 Å². The zero-order chi connectivity index (χ0) is 19.7. The summed E-state index contributed by atoms with van der Waals surface area (Å²) in [5.41, 5.74) is 0.0777. The van der Waals surface area contributed by atoms with E-state index in [-0.39, 0.29) is 6.61 Å². The van der Waals surface area contributed by atoms with E-state index in [4.69, 9.17) is 9.47 Å². The van der Waals surface area contributed by atoms with Crippen molar-refractivity contribution in [2.24, 2.45) is 0 Å². The van der Waals surface area contributed by atoms with Crippen LogP contribution in [0.1, 0.15) is 33.3 Å². The number of nitrogens with one attached hydrogen (secondary N) is 2. The fourth-order valence-corrected chi connectivity index (χ4v) is 1.87. The van der Waals surface area contributed by atoms with Crippen LogP contribution in [0.3, 0.4) is 0 Å². The van der Waals surface area contributed by atoms with E-state index >= 15 is 0 Å². The van der Waals surface area contributed by atoms with Crippen molar-refractivity contribution < 1.29 is 29.0 Å². The van der Waals surface area contributed by atoms with Gasteiger partial charge in [-0.1, -0.05) is 30.3 Å². The molecule has 0 aliphatic rings. The summed E-state index contributed by atoms with van der Waals surface area (Å²) in [6, 6.07) is 6.92. The Hall–Kier alpha value is -2.61. The van der Waals surface area contributed by atoms with E-state index in [2.05, 4.69) is 10.6 Å². The smallest absolute Gasteiger partial charge is 0.408 e. The molecule has 0 bridgehead atoms. The normalized spacial score (nSPS) is 13.3. The highest BCUT2D eigenvalue weighted by Crippen LogP contribution is 2.07. The van der Waals surface area contributed by atoms with Gasteiger partial charge in [-0.3, -0.25) is 4.79 Å². The van der Waals surface area contributed by atoms with Crippen molar-refractivity contribution in [3.8, 4) is 0 Å². The first-order chi connectivity index (χ1) is 12.1. The summed E-state index contributed by atoms with van der Waals surface area (Å²) in [6.07, 6.45) is -0.842. The predicted molar refractivity (Wildman–Crippen MR) is 94.1 cm³/mol. The lowest BCUT2D eigenvalue weighted by molar-refractivity contribution is -0.148. The molecular weight excluding hydrogens is 340 g/mol. The van der Waals surface area contributed by atoms with Crippen molar-refractivity contribution in [3.63, 3.8) is 0 Å². The van der Waals surface area contributed by atoms with Gasteiger partial charge in [0.25, 0.3) is 0 Å². The average molecular weight is 366 g/mol. The van der Waals surface area contributed by atoms with Crippen molar-refractivity contribution in [3.05, 3.63) is 35.9 Å². The Bertz CT molecular complexity index is 612. The minimum Gasteiger partial charge on any atom is -0.459 e. The van der Waals surface area contributed by atoms with Crippen molar-refractivity contribution in [1.29, 1.82) is 0 Å². The second-order valence-corrected chi connectivity index (χ2v) is 6.70. The molecule has 2 amide bonds. The zero-order valence-corrected chi connectivity index (χ0v) is 15.4. The van der Waals surface area contributed by atoms with Crippen LogP contribution in [-0.4, -0.2) is 47.4 Å². The van der Waals surface area contributed by atoms with E-state index in [1.807, 2.05) is 30.3 Å². The summed E-state index contributed by atoms with van der Waals surface area (Å²) in [7, 11) is 0. The molecule has 0 aliphatic heterocycles. The van der Waals surface area contributed by atoms with E-state index in [0.29, 0.717) is 0 Å². The van der Waals surface area contributed by atoms with Crippen molar-refractivity contribution in [2.75, 3.05) is 6.61 Å². The van der Waals surface area contributed by atoms with Crippen LogP contribution in [0.2, 0.25) is 0 Å². The Morgan fingerprint density at radius 1 is 1.12 bits per heavy atom. The van der Waals surface area contributed by atoms with E-state index in [1.165, 1.54) is 6.92 Å². The highest BCUT2D eigenvalue weighted by molar-refractivity contribution is 5.89. The van der Waals surface area contributed by atoms with Gasteiger partial charge in [0.05, 0.1) is 6.61 Å². The maximum Gasteiger partial charge on any atom is 0.408 e. The molecule has 0 aromatic heterocycles. The van der Waals surface area contributed by atoms with Crippen LogP contribution in [0.4, 0.5) is 4.79 Å². The first kappa shape index (κ1) is 21.4. The number of aliphatic hydroxyl groups excluding tert-OH is 1. The molecule has 0 spiro atoms. The fourth-order valence-electron chi connectivity index (χ4n) is 1.87. The molecule has 0 unspecified atom stereocenters. The summed E-state index contributed by atoms with van der Waals surface area (Å²) in [4.78, 5) is 35.8. The molecule has 0 radical (unpaired) electrons. The summed E-state index contributed by atoms with van der Waals surface area (Å²) >= 11 is 0. The van der Waals surface area contributed by atoms with Gasteiger partial charge in [-0.2, -0.15) is 0 Å². The van der Waals surface area contributed by atoms with Gasteiger partial charge in [-0.25, -0.2) is 9.59 Å². The van der Waals surface area contributed by atoms with Crippen LogP contribution >= 0.6 is 0 Å². The van der Waals surface area contributed by atoms with E-state index in [1.54, 1.807) is 20.8 Å². The molecule has 3 N–H and O–H groups in total. The summed E-state index contributed by atoms with van der Waals surface area (Å²) in [6.45, 7) is 5.91. The molecule has 8 nitrogen and oxygen atoms in total. The van der Waals surface area contributed by atoms with Gasteiger partial charge in [0.1, 0.15) is 24.3 Å². The van der Waals surface area contributed by atoms with Crippen LogP contribution in [-0.2, 0) is 25.7 Å². The minimum absolute atomic E-state index is 0.0828. The average Bonchev–Trinajstić information content (AvgIpc) is 2.56. The number of carbonyl (C=O) groups excluding carboxylic acids is 3. The Morgan fingerprint density at radius 2 is 1.73 bits per heavy atom. The number of hydrogen-bond donors (Lipinski definition) is 3. The van der Waals surface area contributed by atoms with Crippen molar-refractivity contribution in [2.45, 2.75) is 52.0 Å². The molecule has 2 atom stereocenters. The number of benzene rings is 1. The molecular formula is C18H26N2O6. The van der Waals surface area contributed by atoms with Crippen molar-refractivity contribution >= 4 is 18.0 Å². The van der Waals surface area contributed by atoms with Gasteiger partial charge in [0.15, 0.2) is 0 Å². The van der Waals surface area contributed by atoms with Gasteiger partial charge >= 0.3 is 12.1 Å². The minimum atomic E-state index is -1.24. The lowest BCUT2D eigenvalue weighted by Gasteiger charge is -2.23. The number of ether oxygens (including phenoxy) is 2. The molecule has 0 fully saturated rings. The molecule has 1 rings (SSSR count). The molecule has 144 valence electrons. The third kappa shape index (κ3) is 7.98. The van der Waals surface area contributed by atoms with Gasteiger partial charge in [-0.05, 0) is 33.3 Å². The van der Waals surface area contributed by atoms with Crippen LogP contribution in [0.15, 0.2) is 30.3 Å². The molecule has 26 heavy (non-hydrogen) atoms. The highest BCUT2D eigenvalue weighted by atomic mass is 16.6. The van der Waals surface area contributed by atoms with Crippen molar-refractivity contribution in [1.82, 2.24) is 10.6 Å². The third-order valence-corrected chi connectivity index (χ3v) is 3.13. The Morgan fingerprint density at radius 3 is 2.27 bits per heavy atom. The monoisotopic (exact) mass is 366 g/mol. The Kier molecular flexibility index (Phi) is 8.05. The quantitative estimate of drug-likeness (QED) is 0.623. The maximum atomic E-state index is 12.1. The number of esters is 1. The van der Waals surface area contributed by atoms with Gasteiger partial charge in [0, 0.05) is 0 Å². The first-order valence-corrected chi connectivity index (χ1v) is 8.23. The SMILES string of the molecule is C[C@@H](NC(=O)[C@H](CO)NC(=O)OC(C)(C)C)C(=O)OCc1ccccc1. The van der Waals surface area contributed by atoms with Gasteiger partial charge < -0.3 is 25.2 Å². The highest BCUT2D eigenvalue weighted by Gasteiger charge is 2.26. The van der Waals surface area contributed by atoms with E-state index in [9.17, 15) is 19.5 Å². The van der Waals surface area contributed by atoms with E-state index < -0.39 is 42.3 Å². The molecule has 0 aliphatic carbocycles. The Balaban J connectivity index is 2.49. The number of alkyl carbamates (subject to hydrolysis) is 1. The van der Waals surface area contributed by atoms with Gasteiger partial charge in [-0.15, -0.1) is 0 Å². The lowest BCUT2D eigenvalue weighted by atomic mass is 10.2. The maximum absolute atomic E-state index is 12.1. The summed E-state index contributed by atoms with van der Waals surface area (Å²) in [5.74, 6) is -1.35. The van der Waals surface area contributed by atoms with Gasteiger partial charge in [0.2, 0.25) is 5.91 Å². The molecule has 0 heterocycles. The number of rotatable bonds is 7. The largest absolute Gasteiger partial charge is 0.459 e. The first-order valence-electron chi connectivity index (χ1n) is 8.23. The number of amides is 2. The van der Waals surface area contributed by atoms with Crippen LogP contribution in [0.5, 0.6) is 0 Å². The molecule has 0 saturated heterocycles. The van der Waals surface area contributed by atoms with Crippen LogP contribution < -0.4 is 10.6 Å². The summed E-state index contributed by atoms with van der Waals surface area (Å²) in [5, 5.41) is 13.9. The second-order valence-electron chi connectivity index (χ2n) is 6.70. The molecule has 8 heteroatoms. The predicted octanol–water partition coefficient (Wildman–Crippen LogP) is 1.12.